The maximum absolute atomic E-state index is 11.6. The lowest BCUT2D eigenvalue weighted by atomic mass is 9.91. The first-order valence-corrected chi connectivity index (χ1v) is 7.33. The zero-order valence-electron chi connectivity index (χ0n) is 12.9. The van der Waals surface area contributed by atoms with Crippen LogP contribution in [0, 0.1) is 0 Å². The van der Waals surface area contributed by atoms with Gasteiger partial charge in [-0.1, -0.05) is 61.5 Å². The minimum atomic E-state index is -0.220. The molecular weight excluding hydrogens is 260 g/mol. The summed E-state index contributed by atoms with van der Waals surface area (Å²) in [5.74, 6) is 0.0418. The molecule has 2 aromatic rings. The lowest BCUT2D eigenvalue weighted by molar-refractivity contribution is -0.141. The number of benzene rings is 2. The van der Waals surface area contributed by atoms with Gasteiger partial charge < -0.3 is 4.74 Å². The summed E-state index contributed by atoms with van der Waals surface area (Å²) in [6.07, 6.45) is 0.964. The van der Waals surface area contributed by atoms with E-state index in [1.165, 1.54) is 18.2 Å². The molecule has 0 saturated carbocycles. The van der Waals surface area contributed by atoms with Crippen LogP contribution in [0.2, 0.25) is 0 Å². The molecule has 2 atom stereocenters. The first kappa shape index (κ1) is 15.3. The van der Waals surface area contributed by atoms with Crippen molar-refractivity contribution in [3.05, 3.63) is 71.3 Å². The molecule has 0 amide bonds. The minimum absolute atomic E-state index is 0.191. The predicted octanol–water partition coefficient (Wildman–Crippen LogP) is 4.31. The molecule has 2 rings (SSSR count). The van der Waals surface area contributed by atoms with Crippen LogP contribution in [0.5, 0.6) is 0 Å². The Hall–Kier alpha value is -2.09. The largest absolute Gasteiger partial charge is 0.469 e. The standard InChI is InChI=1S/C19H22O2/c1-14(17-9-5-4-6-10-17)12-16-8-7-11-18(13-16)15(2)19(20)21-3/h4-11,13-15H,12H2,1-3H3/t14-,15-/m0/s1. The molecule has 0 heterocycles. The molecule has 110 valence electrons. The molecular formula is C19H22O2. The second-order valence-electron chi connectivity index (χ2n) is 5.51. The van der Waals surface area contributed by atoms with E-state index in [-0.39, 0.29) is 11.9 Å². The van der Waals surface area contributed by atoms with Gasteiger partial charge in [-0.2, -0.15) is 0 Å². The van der Waals surface area contributed by atoms with Crippen molar-refractivity contribution in [3.63, 3.8) is 0 Å². The van der Waals surface area contributed by atoms with Crippen molar-refractivity contribution in [2.24, 2.45) is 0 Å². The predicted molar refractivity (Wildman–Crippen MR) is 85.4 cm³/mol. The Labute approximate surface area is 126 Å². The van der Waals surface area contributed by atoms with Crippen LogP contribution in [0.3, 0.4) is 0 Å². The SMILES string of the molecule is COC(=O)[C@@H](C)c1cccc(C[C@H](C)c2ccccc2)c1. The highest BCUT2D eigenvalue weighted by Crippen LogP contribution is 2.23. The fraction of sp³-hybridized carbons (Fsp3) is 0.316. The lowest BCUT2D eigenvalue weighted by Crippen LogP contribution is -2.11. The number of hydrogen-bond donors (Lipinski definition) is 0. The molecule has 0 unspecified atom stereocenters. The summed E-state index contributed by atoms with van der Waals surface area (Å²) in [5, 5.41) is 0. The molecule has 2 nitrogen and oxygen atoms in total. The van der Waals surface area contributed by atoms with E-state index in [0.717, 1.165) is 12.0 Å². The molecule has 0 saturated heterocycles. The van der Waals surface area contributed by atoms with Crippen LogP contribution in [0.1, 0.15) is 42.4 Å². The van der Waals surface area contributed by atoms with Crippen molar-refractivity contribution < 1.29 is 9.53 Å². The highest BCUT2D eigenvalue weighted by Gasteiger charge is 2.16. The smallest absolute Gasteiger partial charge is 0.312 e. The molecule has 0 spiro atoms. The van der Waals surface area contributed by atoms with Gasteiger partial charge in [-0.05, 0) is 36.0 Å². The third-order valence-corrected chi connectivity index (χ3v) is 3.92. The summed E-state index contributed by atoms with van der Waals surface area (Å²) >= 11 is 0. The lowest BCUT2D eigenvalue weighted by Gasteiger charge is -2.14. The normalized spacial score (nSPS) is 13.5. The van der Waals surface area contributed by atoms with Crippen molar-refractivity contribution in [3.8, 4) is 0 Å². The zero-order valence-corrected chi connectivity index (χ0v) is 12.9. The van der Waals surface area contributed by atoms with Crippen LogP contribution in [0.25, 0.3) is 0 Å². The Balaban J connectivity index is 2.13. The highest BCUT2D eigenvalue weighted by atomic mass is 16.5. The molecule has 2 aromatic carbocycles. The van der Waals surface area contributed by atoms with Crippen LogP contribution in [0.4, 0.5) is 0 Å². The molecule has 0 fully saturated rings. The van der Waals surface area contributed by atoms with Gasteiger partial charge in [-0.15, -0.1) is 0 Å². The second-order valence-corrected chi connectivity index (χ2v) is 5.51. The van der Waals surface area contributed by atoms with Crippen molar-refractivity contribution in [2.75, 3.05) is 7.11 Å². The number of carbonyl (C=O) groups is 1. The summed E-state index contributed by atoms with van der Waals surface area (Å²) in [6, 6.07) is 18.7. The fourth-order valence-electron chi connectivity index (χ4n) is 2.56. The van der Waals surface area contributed by atoms with E-state index in [1.54, 1.807) is 0 Å². The van der Waals surface area contributed by atoms with Gasteiger partial charge in [0.15, 0.2) is 0 Å². The highest BCUT2D eigenvalue weighted by molar-refractivity contribution is 5.77. The average Bonchev–Trinajstić information content (AvgIpc) is 2.54. The van der Waals surface area contributed by atoms with E-state index in [2.05, 4.69) is 43.3 Å². The molecule has 2 heteroatoms. The van der Waals surface area contributed by atoms with Gasteiger partial charge >= 0.3 is 5.97 Å². The summed E-state index contributed by atoms with van der Waals surface area (Å²) in [7, 11) is 1.43. The number of hydrogen-bond acceptors (Lipinski definition) is 2. The molecule has 0 N–H and O–H groups in total. The van der Waals surface area contributed by atoms with Crippen LogP contribution >= 0.6 is 0 Å². The number of esters is 1. The fourth-order valence-corrected chi connectivity index (χ4v) is 2.56. The van der Waals surface area contributed by atoms with Crippen molar-refractivity contribution >= 4 is 5.97 Å². The van der Waals surface area contributed by atoms with E-state index in [9.17, 15) is 4.79 Å². The number of methoxy groups -OCH3 is 1. The van der Waals surface area contributed by atoms with Gasteiger partial charge in [0, 0.05) is 0 Å². The monoisotopic (exact) mass is 282 g/mol. The van der Waals surface area contributed by atoms with Gasteiger partial charge in [0.2, 0.25) is 0 Å². The van der Waals surface area contributed by atoms with Gasteiger partial charge in [-0.25, -0.2) is 0 Å². The van der Waals surface area contributed by atoms with Crippen LogP contribution in [-0.4, -0.2) is 13.1 Å². The molecule has 0 aliphatic rings. The quantitative estimate of drug-likeness (QED) is 0.764. The third kappa shape index (κ3) is 3.94. The van der Waals surface area contributed by atoms with E-state index in [4.69, 9.17) is 4.74 Å². The second kappa shape index (κ2) is 7.07. The number of carbonyl (C=O) groups excluding carboxylic acids is 1. The zero-order chi connectivity index (χ0) is 15.2. The first-order valence-electron chi connectivity index (χ1n) is 7.33. The summed E-state index contributed by atoms with van der Waals surface area (Å²) in [6.45, 7) is 4.11. The van der Waals surface area contributed by atoms with Crippen LogP contribution in [-0.2, 0) is 16.0 Å². The first-order chi connectivity index (χ1) is 10.1. The van der Waals surface area contributed by atoms with E-state index < -0.39 is 0 Å². The van der Waals surface area contributed by atoms with Gasteiger partial charge in [0.1, 0.15) is 0 Å². The van der Waals surface area contributed by atoms with Crippen molar-refractivity contribution in [1.29, 1.82) is 0 Å². The van der Waals surface area contributed by atoms with Crippen molar-refractivity contribution in [2.45, 2.75) is 32.1 Å². The third-order valence-electron chi connectivity index (χ3n) is 3.92. The molecule has 0 radical (unpaired) electrons. The average molecular weight is 282 g/mol. The minimum Gasteiger partial charge on any atom is -0.469 e. The van der Waals surface area contributed by atoms with Crippen LogP contribution < -0.4 is 0 Å². The summed E-state index contributed by atoms with van der Waals surface area (Å²) < 4.78 is 4.82. The summed E-state index contributed by atoms with van der Waals surface area (Å²) in [4.78, 5) is 11.6. The molecule has 21 heavy (non-hydrogen) atoms. The van der Waals surface area contributed by atoms with E-state index in [0.29, 0.717) is 5.92 Å². The van der Waals surface area contributed by atoms with E-state index in [1.807, 2.05) is 25.1 Å². The van der Waals surface area contributed by atoms with Gasteiger partial charge in [-0.3, -0.25) is 4.79 Å². The van der Waals surface area contributed by atoms with Crippen molar-refractivity contribution in [1.82, 2.24) is 0 Å². The molecule has 0 aliphatic heterocycles. The van der Waals surface area contributed by atoms with E-state index >= 15 is 0 Å². The van der Waals surface area contributed by atoms with Gasteiger partial charge in [0.25, 0.3) is 0 Å². The Morgan fingerprint density at radius 3 is 2.33 bits per heavy atom. The maximum Gasteiger partial charge on any atom is 0.312 e. The van der Waals surface area contributed by atoms with Crippen LogP contribution in [0.15, 0.2) is 54.6 Å². The molecule has 0 bridgehead atoms. The topological polar surface area (TPSA) is 26.3 Å². The summed E-state index contributed by atoms with van der Waals surface area (Å²) in [5.41, 5.74) is 3.60. The Morgan fingerprint density at radius 2 is 1.67 bits per heavy atom. The Morgan fingerprint density at radius 1 is 1.00 bits per heavy atom. The maximum atomic E-state index is 11.6. The molecule has 0 aliphatic carbocycles. The van der Waals surface area contributed by atoms with Gasteiger partial charge in [0.05, 0.1) is 13.0 Å². The number of ether oxygens (including phenoxy) is 1. The Kier molecular flexibility index (Phi) is 5.15. The Bertz CT molecular complexity index is 590. The molecule has 0 aromatic heterocycles. The number of rotatable bonds is 5.